The van der Waals surface area contributed by atoms with E-state index < -0.39 is 0 Å². The third-order valence-corrected chi connectivity index (χ3v) is 3.87. The van der Waals surface area contributed by atoms with E-state index in [0.29, 0.717) is 24.2 Å². The average molecular weight is 325 g/mol. The highest BCUT2D eigenvalue weighted by molar-refractivity contribution is 5.94. The van der Waals surface area contributed by atoms with E-state index in [1.807, 2.05) is 25.1 Å². The third-order valence-electron chi connectivity index (χ3n) is 3.87. The van der Waals surface area contributed by atoms with Gasteiger partial charge < -0.3 is 10.4 Å². The van der Waals surface area contributed by atoms with Gasteiger partial charge in [0.05, 0.1) is 5.56 Å². The number of carbonyl (C=O) groups is 1. The predicted molar refractivity (Wildman–Crippen MR) is 88.6 cm³/mol. The van der Waals surface area contributed by atoms with Crippen molar-refractivity contribution in [1.82, 2.24) is 24.9 Å². The maximum Gasteiger partial charge on any atom is 0.252 e. The van der Waals surface area contributed by atoms with E-state index in [2.05, 4.69) is 20.5 Å². The number of pyridine rings is 2. The molecule has 0 spiro atoms. The number of rotatable bonds is 6. The van der Waals surface area contributed by atoms with Gasteiger partial charge in [0, 0.05) is 37.2 Å². The molecule has 3 aromatic rings. The summed E-state index contributed by atoms with van der Waals surface area (Å²) in [6, 6.07) is 9.14. The second-order valence-corrected chi connectivity index (χ2v) is 5.68. The number of aliphatic hydroxyl groups is 1. The van der Waals surface area contributed by atoms with E-state index in [1.165, 1.54) is 0 Å². The molecule has 2 N–H and O–H groups in total. The lowest BCUT2D eigenvalue weighted by Gasteiger charge is -2.14. The van der Waals surface area contributed by atoms with Crippen molar-refractivity contribution < 1.29 is 9.90 Å². The summed E-state index contributed by atoms with van der Waals surface area (Å²) in [7, 11) is 0. The van der Waals surface area contributed by atoms with Crippen LogP contribution in [0.2, 0.25) is 0 Å². The van der Waals surface area contributed by atoms with Crippen molar-refractivity contribution in [2.45, 2.75) is 13.3 Å². The van der Waals surface area contributed by atoms with Gasteiger partial charge in [-0.1, -0.05) is 6.07 Å². The lowest BCUT2D eigenvalue weighted by molar-refractivity contribution is 0.0939. The first kappa shape index (κ1) is 16.1. The number of carbonyl (C=O) groups excluding carboxylic acids is 1. The zero-order valence-corrected chi connectivity index (χ0v) is 13.4. The van der Waals surface area contributed by atoms with Gasteiger partial charge in [-0.05, 0) is 37.6 Å². The summed E-state index contributed by atoms with van der Waals surface area (Å²) in [5.74, 6) is 0.455. The Kier molecular flexibility index (Phi) is 4.81. The Hall–Kier alpha value is -2.80. The Bertz CT molecular complexity index is 831. The fourth-order valence-electron chi connectivity index (χ4n) is 2.49. The van der Waals surface area contributed by atoms with Crippen LogP contribution in [0.5, 0.6) is 0 Å². The molecule has 0 radical (unpaired) electrons. The SMILES string of the molecule is Cc1nnc2ccc(C(=O)NCC(CO)Cc3ccccn3)cn12. The second-order valence-electron chi connectivity index (χ2n) is 5.68. The molecule has 7 nitrogen and oxygen atoms in total. The zero-order valence-electron chi connectivity index (χ0n) is 13.4. The van der Waals surface area contributed by atoms with Crippen molar-refractivity contribution in [2.24, 2.45) is 5.92 Å². The van der Waals surface area contributed by atoms with Crippen LogP contribution >= 0.6 is 0 Å². The van der Waals surface area contributed by atoms with E-state index in [0.717, 1.165) is 11.5 Å². The first-order valence-corrected chi connectivity index (χ1v) is 7.77. The van der Waals surface area contributed by atoms with Gasteiger partial charge in [-0.2, -0.15) is 0 Å². The van der Waals surface area contributed by atoms with Crippen LogP contribution in [-0.4, -0.2) is 43.7 Å². The Balaban J connectivity index is 1.63. The third kappa shape index (κ3) is 3.57. The van der Waals surface area contributed by atoms with Crippen molar-refractivity contribution in [3.8, 4) is 0 Å². The highest BCUT2D eigenvalue weighted by Crippen LogP contribution is 2.08. The number of aromatic nitrogens is 4. The summed E-state index contributed by atoms with van der Waals surface area (Å²) in [6.45, 7) is 2.20. The molecule has 0 aliphatic heterocycles. The molecule has 1 atom stereocenters. The molecule has 124 valence electrons. The number of aryl methyl sites for hydroxylation is 1. The van der Waals surface area contributed by atoms with Crippen LogP contribution in [0.15, 0.2) is 42.7 Å². The molecule has 1 amide bonds. The molecule has 0 aliphatic rings. The fourth-order valence-corrected chi connectivity index (χ4v) is 2.49. The van der Waals surface area contributed by atoms with E-state index in [-0.39, 0.29) is 18.4 Å². The molecule has 3 heterocycles. The van der Waals surface area contributed by atoms with Gasteiger partial charge >= 0.3 is 0 Å². The van der Waals surface area contributed by atoms with Crippen LogP contribution in [0.25, 0.3) is 5.65 Å². The minimum absolute atomic E-state index is 0.0135. The molecular formula is C17H19N5O2. The summed E-state index contributed by atoms with van der Waals surface area (Å²) in [4.78, 5) is 16.6. The van der Waals surface area contributed by atoms with E-state index in [9.17, 15) is 9.90 Å². The van der Waals surface area contributed by atoms with Crippen LogP contribution in [0, 0.1) is 12.8 Å². The molecule has 0 aromatic carbocycles. The first-order valence-electron chi connectivity index (χ1n) is 7.77. The Labute approximate surface area is 139 Å². The number of hydrogen-bond donors (Lipinski definition) is 2. The van der Waals surface area contributed by atoms with Crippen LogP contribution in [0.3, 0.4) is 0 Å². The van der Waals surface area contributed by atoms with Gasteiger partial charge in [0.2, 0.25) is 0 Å². The van der Waals surface area contributed by atoms with E-state index in [1.54, 1.807) is 28.9 Å². The molecule has 3 rings (SSSR count). The number of fused-ring (bicyclic) bond motifs is 1. The highest BCUT2D eigenvalue weighted by Gasteiger charge is 2.13. The number of nitrogens with zero attached hydrogens (tertiary/aromatic N) is 4. The van der Waals surface area contributed by atoms with Crippen molar-refractivity contribution in [3.05, 3.63) is 59.8 Å². The maximum absolute atomic E-state index is 12.3. The van der Waals surface area contributed by atoms with Gasteiger partial charge in [-0.3, -0.25) is 14.2 Å². The summed E-state index contributed by atoms with van der Waals surface area (Å²) >= 11 is 0. The summed E-state index contributed by atoms with van der Waals surface area (Å²) in [6.07, 6.45) is 4.05. The normalized spacial score (nSPS) is 12.2. The monoisotopic (exact) mass is 325 g/mol. The summed E-state index contributed by atoms with van der Waals surface area (Å²) < 4.78 is 1.77. The Morgan fingerprint density at radius 3 is 2.92 bits per heavy atom. The second kappa shape index (κ2) is 7.18. The summed E-state index contributed by atoms with van der Waals surface area (Å²) in [5.41, 5.74) is 2.12. The van der Waals surface area contributed by atoms with Crippen molar-refractivity contribution >= 4 is 11.6 Å². The minimum Gasteiger partial charge on any atom is -0.396 e. The predicted octanol–water partition coefficient (Wildman–Crippen LogP) is 1.01. The number of hydrogen-bond acceptors (Lipinski definition) is 5. The molecular weight excluding hydrogens is 306 g/mol. The molecule has 24 heavy (non-hydrogen) atoms. The van der Waals surface area contributed by atoms with Crippen LogP contribution in [0.4, 0.5) is 0 Å². The molecule has 0 fully saturated rings. The summed E-state index contributed by atoms with van der Waals surface area (Å²) in [5, 5.41) is 20.4. The molecule has 3 aromatic heterocycles. The highest BCUT2D eigenvalue weighted by atomic mass is 16.3. The standard InChI is InChI=1S/C17H19N5O2/c1-12-20-21-16-6-5-14(10-22(12)16)17(24)19-9-13(11-23)8-15-4-2-3-7-18-15/h2-7,10,13,23H,8-9,11H2,1H3,(H,19,24). The molecule has 0 bridgehead atoms. The molecule has 0 saturated heterocycles. The van der Waals surface area contributed by atoms with Crippen molar-refractivity contribution in [1.29, 1.82) is 0 Å². The van der Waals surface area contributed by atoms with Gasteiger partial charge in [-0.25, -0.2) is 0 Å². The van der Waals surface area contributed by atoms with E-state index >= 15 is 0 Å². The fraction of sp³-hybridized carbons (Fsp3) is 0.294. The minimum atomic E-state index is -0.190. The van der Waals surface area contributed by atoms with Crippen molar-refractivity contribution in [2.75, 3.05) is 13.2 Å². The maximum atomic E-state index is 12.3. The molecule has 7 heteroatoms. The van der Waals surface area contributed by atoms with Gasteiger partial charge in [-0.15, -0.1) is 10.2 Å². The molecule has 0 saturated carbocycles. The van der Waals surface area contributed by atoms with Crippen LogP contribution in [0.1, 0.15) is 21.9 Å². The lowest BCUT2D eigenvalue weighted by Crippen LogP contribution is -2.32. The smallest absolute Gasteiger partial charge is 0.252 e. The number of amides is 1. The van der Waals surface area contributed by atoms with Gasteiger partial charge in [0.1, 0.15) is 5.82 Å². The lowest BCUT2D eigenvalue weighted by atomic mass is 10.0. The van der Waals surface area contributed by atoms with Gasteiger partial charge in [0.15, 0.2) is 5.65 Å². The number of nitrogens with one attached hydrogen (secondary N) is 1. The largest absolute Gasteiger partial charge is 0.396 e. The Morgan fingerprint density at radius 2 is 2.17 bits per heavy atom. The number of aliphatic hydroxyl groups excluding tert-OH is 1. The van der Waals surface area contributed by atoms with E-state index in [4.69, 9.17) is 0 Å². The Morgan fingerprint density at radius 1 is 1.29 bits per heavy atom. The van der Waals surface area contributed by atoms with Gasteiger partial charge in [0.25, 0.3) is 5.91 Å². The molecule has 1 unspecified atom stereocenters. The van der Waals surface area contributed by atoms with Crippen molar-refractivity contribution in [3.63, 3.8) is 0 Å². The topological polar surface area (TPSA) is 92.4 Å². The van der Waals surface area contributed by atoms with Crippen LogP contribution in [-0.2, 0) is 6.42 Å². The first-order chi connectivity index (χ1) is 11.7. The zero-order chi connectivity index (χ0) is 16.9. The quantitative estimate of drug-likeness (QED) is 0.706. The van der Waals surface area contributed by atoms with Crippen LogP contribution < -0.4 is 5.32 Å². The molecule has 0 aliphatic carbocycles. The average Bonchev–Trinajstić information content (AvgIpc) is 2.99.